The second-order valence-electron chi connectivity index (χ2n) is 4.29. The van der Waals surface area contributed by atoms with Crippen molar-refractivity contribution >= 4 is 5.82 Å². The molecule has 0 atom stereocenters. The second-order valence-corrected chi connectivity index (χ2v) is 4.29. The fourth-order valence-electron chi connectivity index (χ4n) is 1.87. The third-order valence-corrected chi connectivity index (χ3v) is 2.85. The minimum Gasteiger partial charge on any atom is -0.370 e. The van der Waals surface area contributed by atoms with Crippen molar-refractivity contribution in [1.82, 2.24) is 29.3 Å². The highest BCUT2D eigenvalue weighted by atomic mass is 15.3. The fraction of sp³-hybridized carbons (Fsp3) is 0.231. The highest BCUT2D eigenvalue weighted by molar-refractivity contribution is 5.39. The Morgan fingerprint density at radius 2 is 2.15 bits per heavy atom. The van der Waals surface area contributed by atoms with Crippen molar-refractivity contribution in [1.29, 1.82) is 0 Å². The van der Waals surface area contributed by atoms with E-state index < -0.39 is 0 Å². The molecule has 0 aromatic carbocycles. The van der Waals surface area contributed by atoms with Gasteiger partial charge in [0.25, 0.3) is 0 Å². The van der Waals surface area contributed by atoms with Crippen molar-refractivity contribution < 1.29 is 0 Å². The van der Waals surface area contributed by atoms with E-state index in [-0.39, 0.29) is 0 Å². The van der Waals surface area contributed by atoms with Crippen LogP contribution in [0.2, 0.25) is 0 Å². The molecule has 0 aliphatic carbocycles. The normalized spacial score (nSPS) is 10.6. The Morgan fingerprint density at radius 3 is 2.95 bits per heavy atom. The van der Waals surface area contributed by atoms with Crippen LogP contribution in [0, 0.1) is 0 Å². The lowest BCUT2D eigenvalue weighted by molar-refractivity contribution is 0.660. The summed E-state index contributed by atoms with van der Waals surface area (Å²) in [7, 11) is 0. The molecule has 0 radical (unpaired) electrons. The maximum absolute atomic E-state index is 4.20. The Hall–Kier alpha value is -2.70. The lowest BCUT2D eigenvalue weighted by Crippen LogP contribution is -2.08. The summed E-state index contributed by atoms with van der Waals surface area (Å²) in [4.78, 5) is 12.4. The van der Waals surface area contributed by atoms with Crippen LogP contribution in [0.3, 0.4) is 0 Å². The van der Waals surface area contributed by atoms with E-state index in [4.69, 9.17) is 0 Å². The van der Waals surface area contributed by atoms with E-state index in [1.807, 2.05) is 30.9 Å². The van der Waals surface area contributed by atoms with Gasteiger partial charge in [-0.2, -0.15) is 5.10 Å². The lowest BCUT2D eigenvalue weighted by Gasteiger charge is -2.07. The summed E-state index contributed by atoms with van der Waals surface area (Å²) >= 11 is 0. The maximum Gasteiger partial charge on any atom is 0.158 e. The first-order valence-electron chi connectivity index (χ1n) is 6.43. The molecule has 20 heavy (non-hydrogen) atoms. The van der Waals surface area contributed by atoms with Crippen LogP contribution in [0.5, 0.6) is 0 Å². The summed E-state index contributed by atoms with van der Waals surface area (Å²) in [6, 6.07) is 3.74. The molecule has 0 saturated carbocycles. The van der Waals surface area contributed by atoms with Crippen molar-refractivity contribution in [2.75, 3.05) is 11.9 Å². The van der Waals surface area contributed by atoms with Gasteiger partial charge in [-0.1, -0.05) is 0 Å². The average molecular weight is 269 g/mol. The van der Waals surface area contributed by atoms with Crippen LogP contribution in [0.25, 0.3) is 5.82 Å². The van der Waals surface area contributed by atoms with E-state index in [2.05, 4.69) is 29.9 Å². The van der Waals surface area contributed by atoms with E-state index in [1.54, 1.807) is 17.1 Å². The van der Waals surface area contributed by atoms with Crippen molar-refractivity contribution in [3.05, 3.63) is 49.6 Å². The van der Waals surface area contributed by atoms with Gasteiger partial charge in [0.1, 0.15) is 12.1 Å². The zero-order chi connectivity index (χ0) is 13.6. The number of nitrogens with one attached hydrogen (secondary N) is 1. The van der Waals surface area contributed by atoms with Gasteiger partial charge < -0.3 is 9.88 Å². The summed E-state index contributed by atoms with van der Waals surface area (Å²) in [5.74, 6) is 1.55. The highest BCUT2D eigenvalue weighted by Gasteiger charge is 2.00. The summed E-state index contributed by atoms with van der Waals surface area (Å²) in [5, 5.41) is 7.43. The van der Waals surface area contributed by atoms with Gasteiger partial charge in [0, 0.05) is 43.9 Å². The zero-order valence-corrected chi connectivity index (χ0v) is 10.9. The van der Waals surface area contributed by atoms with Crippen molar-refractivity contribution in [2.24, 2.45) is 0 Å². The Balaban J connectivity index is 1.54. The standard InChI is InChI=1S/C13H15N7/c1(6-19-8-5-14-11-19)3-15-12-9-13(17-10-16-12)20-7-2-4-18-20/h2,4-5,7-11H,1,3,6H2,(H,15,16,17). The van der Waals surface area contributed by atoms with Gasteiger partial charge >= 0.3 is 0 Å². The topological polar surface area (TPSA) is 73.5 Å². The average Bonchev–Trinajstić information content (AvgIpc) is 3.17. The number of hydrogen-bond donors (Lipinski definition) is 1. The quantitative estimate of drug-likeness (QED) is 0.684. The molecule has 0 bridgehead atoms. The Bertz CT molecular complexity index is 631. The molecule has 0 fully saturated rings. The third-order valence-electron chi connectivity index (χ3n) is 2.85. The predicted molar refractivity (Wildman–Crippen MR) is 74.5 cm³/mol. The molecule has 3 rings (SSSR count). The molecule has 7 heteroatoms. The number of hydrogen-bond acceptors (Lipinski definition) is 5. The largest absolute Gasteiger partial charge is 0.370 e. The van der Waals surface area contributed by atoms with Gasteiger partial charge in [0.05, 0.1) is 6.33 Å². The molecule has 0 aliphatic rings. The summed E-state index contributed by atoms with van der Waals surface area (Å²) in [6.07, 6.45) is 11.7. The molecular weight excluding hydrogens is 254 g/mol. The number of aromatic nitrogens is 6. The van der Waals surface area contributed by atoms with E-state index in [9.17, 15) is 0 Å². The lowest BCUT2D eigenvalue weighted by atomic mass is 10.4. The highest BCUT2D eigenvalue weighted by Crippen LogP contribution is 2.07. The zero-order valence-electron chi connectivity index (χ0n) is 10.9. The molecule has 1 N–H and O–H groups in total. The van der Waals surface area contributed by atoms with Crippen LogP contribution in [0.4, 0.5) is 5.82 Å². The van der Waals surface area contributed by atoms with Crippen LogP contribution < -0.4 is 5.32 Å². The van der Waals surface area contributed by atoms with Crippen LogP contribution >= 0.6 is 0 Å². The summed E-state index contributed by atoms with van der Waals surface area (Å²) in [6.45, 7) is 1.78. The van der Waals surface area contributed by atoms with Crippen molar-refractivity contribution in [3.63, 3.8) is 0 Å². The minimum atomic E-state index is 0.752. The van der Waals surface area contributed by atoms with Gasteiger partial charge in [0.15, 0.2) is 5.82 Å². The molecule has 3 aromatic rings. The van der Waals surface area contributed by atoms with Crippen LogP contribution in [0.15, 0.2) is 49.6 Å². The van der Waals surface area contributed by atoms with Crippen molar-refractivity contribution in [2.45, 2.75) is 13.0 Å². The minimum absolute atomic E-state index is 0.752. The van der Waals surface area contributed by atoms with E-state index >= 15 is 0 Å². The Morgan fingerprint density at radius 1 is 1.15 bits per heavy atom. The first-order valence-corrected chi connectivity index (χ1v) is 6.43. The molecule has 0 unspecified atom stereocenters. The molecule has 102 valence electrons. The number of aryl methyl sites for hydroxylation is 1. The van der Waals surface area contributed by atoms with E-state index in [0.29, 0.717) is 0 Å². The molecule has 0 saturated heterocycles. The predicted octanol–water partition coefficient (Wildman–Crippen LogP) is 1.36. The molecule has 7 nitrogen and oxygen atoms in total. The fourth-order valence-corrected chi connectivity index (χ4v) is 1.87. The van der Waals surface area contributed by atoms with Gasteiger partial charge in [-0.05, 0) is 12.5 Å². The number of nitrogens with zero attached hydrogens (tertiary/aromatic N) is 6. The Kier molecular flexibility index (Phi) is 3.68. The van der Waals surface area contributed by atoms with Gasteiger partial charge in [-0.15, -0.1) is 0 Å². The van der Waals surface area contributed by atoms with Crippen LogP contribution in [0.1, 0.15) is 6.42 Å². The van der Waals surface area contributed by atoms with E-state index in [1.165, 1.54) is 6.33 Å². The van der Waals surface area contributed by atoms with Gasteiger partial charge in [-0.3, -0.25) is 0 Å². The SMILES string of the molecule is c1cnn(-c2cc(NCCCn3ccnc3)ncn2)c1. The Labute approximate surface area is 116 Å². The number of anilines is 1. The molecule has 0 spiro atoms. The number of imidazole rings is 1. The van der Waals surface area contributed by atoms with Gasteiger partial charge in [-0.25, -0.2) is 19.6 Å². The summed E-state index contributed by atoms with van der Waals surface area (Å²) < 4.78 is 3.76. The second kappa shape index (κ2) is 5.96. The first-order chi connectivity index (χ1) is 9.92. The van der Waals surface area contributed by atoms with E-state index in [0.717, 1.165) is 31.1 Å². The van der Waals surface area contributed by atoms with Crippen LogP contribution in [-0.2, 0) is 6.54 Å². The maximum atomic E-state index is 4.20. The molecule has 3 aromatic heterocycles. The summed E-state index contributed by atoms with van der Waals surface area (Å²) in [5.41, 5.74) is 0. The first kappa shape index (κ1) is 12.3. The van der Waals surface area contributed by atoms with Crippen molar-refractivity contribution in [3.8, 4) is 5.82 Å². The number of rotatable bonds is 6. The van der Waals surface area contributed by atoms with Crippen LogP contribution in [-0.4, -0.2) is 35.8 Å². The molecule has 0 aliphatic heterocycles. The molecule has 0 amide bonds. The third kappa shape index (κ3) is 3.00. The molecule has 3 heterocycles. The molecular formula is C13H15N7. The smallest absolute Gasteiger partial charge is 0.158 e. The van der Waals surface area contributed by atoms with Gasteiger partial charge in [0.2, 0.25) is 0 Å². The monoisotopic (exact) mass is 269 g/mol.